The number of hydrogen-bond donors (Lipinski definition) is 6. The number of carbonyl (C=O) groups excluding carboxylic acids is 1. The lowest BCUT2D eigenvalue weighted by molar-refractivity contribution is -0.139. The number of aromatic nitrogens is 2. The third kappa shape index (κ3) is 7.56. The number of rotatable bonds is 1. The van der Waals surface area contributed by atoms with Crippen molar-refractivity contribution in [1.82, 2.24) is 9.55 Å². The van der Waals surface area contributed by atoms with Gasteiger partial charge in [0.15, 0.2) is 11.5 Å². The summed E-state index contributed by atoms with van der Waals surface area (Å²) in [6, 6.07) is 0.998. The van der Waals surface area contributed by atoms with Crippen molar-refractivity contribution in [3.05, 3.63) is 62.4 Å². The highest BCUT2D eigenvalue weighted by Gasteiger charge is 2.29. The van der Waals surface area contributed by atoms with Crippen molar-refractivity contribution in [2.24, 2.45) is 5.92 Å². The number of esters is 1. The summed E-state index contributed by atoms with van der Waals surface area (Å²) in [6.45, 7) is 3.35. The normalized spacial score (nSPS) is 27.0. The maximum absolute atomic E-state index is 13.4. The van der Waals surface area contributed by atoms with E-state index in [2.05, 4.69) is 4.98 Å². The van der Waals surface area contributed by atoms with E-state index in [1.807, 2.05) is 6.92 Å². The third-order valence-corrected chi connectivity index (χ3v) is 6.87. The Morgan fingerprint density at radius 3 is 2.53 bits per heavy atom. The smallest absolute Gasteiger partial charge is 0.334 e. The van der Waals surface area contributed by atoms with E-state index in [4.69, 9.17) is 4.74 Å². The zero-order chi connectivity index (χ0) is 28.0. The molecule has 0 radical (unpaired) electrons. The van der Waals surface area contributed by atoms with Crippen molar-refractivity contribution >= 4 is 5.97 Å². The fraction of sp³-hybridized carbons (Fsp3) is 0.519. The molecule has 11 nitrogen and oxygen atoms in total. The summed E-state index contributed by atoms with van der Waals surface area (Å²) < 4.78 is 6.52. The molecule has 0 fully saturated rings. The minimum atomic E-state index is -1.37. The molecule has 0 spiro atoms. The Hall–Kier alpha value is -3.41. The molecule has 6 N–H and O–H groups in total. The van der Waals surface area contributed by atoms with Gasteiger partial charge in [0, 0.05) is 29.8 Å². The molecule has 2 heterocycles. The van der Waals surface area contributed by atoms with Crippen molar-refractivity contribution in [2.75, 3.05) is 0 Å². The standard InChI is InChI=1S/C27H36N2O9/c1-15-9-10-18(30)6-4-7-19(31)12-21(29-14-16(2)25(35)28-27(29)37)26(36)38-24-17(5-3-8-22(15)33)11-20(32)13-23(24)34/h4,6,11,13-15,18-19,21-22,30-34H,3,5,7-10,12H2,1-2H3,(H,28,35,37)/b6-4-/t15-,18-,19-,21-,22-/m1/s1. The van der Waals surface area contributed by atoms with Gasteiger partial charge in [-0.25, -0.2) is 9.59 Å². The molecule has 1 aromatic heterocycles. The van der Waals surface area contributed by atoms with Crippen molar-refractivity contribution in [3.63, 3.8) is 0 Å². The van der Waals surface area contributed by atoms with Crippen LogP contribution < -0.4 is 16.0 Å². The van der Waals surface area contributed by atoms with E-state index in [0.717, 1.165) is 10.6 Å². The highest BCUT2D eigenvalue weighted by atomic mass is 16.5. The molecule has 1 aliphatic rings. The Balaban J connectivity index is 2.02. The first kappa shape index (κ1) is 29.2. The summed E-state index contributed by atoms with van der Waals surface area (Å²) in [5.74, 6) is -1.99. The van der Waals surface area contributed by atoms with E-state index < -0.39 is 47.3 Å². The Bertz CT molecular complexity index is 1270. The second kappa shape index (κ2) is 12.9. The lowest BCUT2D eigenvalue weighted by Crippen LogP contribution is -2.39. The molecule has 0 saturated carbocycles. The topological polar surface area (TPSA) is 182 Å². The largest absolute Gasteiger partial charge is 0.508 e. The summed E-state index contributed by atoms with van der Waals surface area (Å²) in [5.41, 5.74) is -1.01. The van der Waals surface area contributed by atoms with Crippen LogP contribution in [-0.2, 0) is 11.2 Å². The number of fused-ring (bicyclic) bond motifs is 1. The van der Waals surface area contributed by atoms with Gasteiger partial charge in [-0.15, -0.1) is 0 Å². The number of ether oxygens (including phenoxy) is 1. The van der Waals surface area contributed by atoms with Gasteiger partial charge in [-0.3, -0.25) is 14.3 Å². The lowest BCUT2D eigenvalue weighted by Gasteiger charge is -2.23. The average molecular weight is 533 g/mol. The monoisotopic (exact) mass is 532 g/mol. The Morgan fingerprint density at radius 1 is 1.05 bits per heavy atom. The van der Waals surface area contributed by atoms with Gasteiger partial charge in [0.1, 0.15) is 11.8 Å². The molecule has 0 unspecified atom stereocenters. The Labute approximate surface area is 219 Å². The van der Waals surface area contributed by atoms with Gasteiger partial charge >= 0.3 is 11.7 Å². The second-order valence-corrected chi connectivity index (χ2v) is 10.0. The van der Waals surface area contributed by atoms with Gasteiger partial charge in [0.2, 0.25) is 0 Å². The summed E-state index contributed by atoms with van der Waals surface area (Å²) >= 11 is 0. The first-order chi connectivity index (χ1) is 18.0. The highest BCUT2D eigenvalue weighted by molar-refractivity contribution is 5.78. The number of nitrogens with zero attached hydrogens (tertiary/aromatic N) is 1. The zero-order valence-corrected chi connectivity index (χ0v) is 21.5. The number of aromatic amines is 1. The van der Waals surface area contributed by atoms with E-state index in [9.17, 15) is 39.9 Å². The van der Waals surface area contributed by atoms with Crippen LogP contribution >= 0.6 is 0 Å². The lowest BCUT2D eigenvalue weighted by atomic mass is 9.92. The fourth-order valence-corrected chi connectivity index (χ4v) is 4.52. The van der Waals surface area contributed by atoms with E-state index in [1.165, 1.54) is 25.3 Å². The number of aliphatic hydroxyl groups excluding tert-OH is 3. The van der Waals surface area contributed by atoms with Crippen molar-refractivity contribution in [2.45, 2.75) is 83.1 Å². The molecule has 1 aliphatic heterocycles. The van der Waals surface area contributed by atoms with E-state index in [0.29, 0.717) is 31.2 Å². The molecule has 3 rings (SSSR count). The fourth-order valence-electron chi connectivity index (χ4n) is 4.52. The van der Waals surface area contributed by atoms with Crippen LogP contribution in [0, 0.1) is 12.8 Å². The van der Waals surface area contributed by atoms with Crippen LogP contribution in [0.15, 0.2) is 40.1 Å². The van der Waals surface area contributed by atoms with E-state index in [1.54, 1.807) is 6.08 Å². The Morgan fingerprint density at radius 2 is 1.79 bits per heavy atom. The maximum atomic E-state index is 13.4. The van der Waals surface area contributed by atoms with Gasteiger partial charge in [0.25, 0.3) is 5.56 Å². The molecule has 208 valence electrons. The molecule has 0 saturated heterocycles. The maximum Gasteiger partial charge on any atom is 0.334 e. The van der Waals surface area contributed by atoms with Gasteiger partial charge in [0.05, 0.1) is 18.3 Å². The summed E-state index contributed by atoms with van der Waals surface area (Å²) in [5, 5.41) is 52.0. The van der Waals surface area contributed by atoms with Crippen molar-refractivity contribution < 1.29 is 35.1 Å². The molecule has 5 atom stereocenters. The average Bonchev–Trinajstić information content (AvgIpc) is 2.84. The highest BCUT2D eigenvalue weighted by Crippen LogP contribution is 2.37. The first-order valence-electron chi connectivity index (χ1n) is 12.8. The summed E-state index contributed by atoms with van der Waals surface area (Å²) in [6.07, 6.45) is 3.65. The number of phenols is 2. The predicted molar refractivity (Wildman–Crippen MR) is 138 cm³/mol. The van der Waals surface area contributed by atoms with Crippen LogP contribution in [0.4, 0.5) is 0 Å². The van der Waals surface area contributed by atoms with Gasteiger partial charge < -0.3 is 30.3 Å². The van der Waals surface area contributed by atoms with Gasteiger partial charge in [-0.05, 0) is 57.4 Å². The first-order valence-corrected chi connectivity index (χ1v) is 12.8. The molecular weight excluding hydrogens is 496 g/mol. The zero-order valence-electron chi connectivity index (χ0n) is 21.5. The molecule has 0 bridgehead atoms. The van der Waals surface area contributed by atoms with Crippen LogP contribution in [-0.4, -0.2) is 59.4 Å². The Kier molecular flexibility index (Phi) is 9.90. The molecule has 0 aliphatic carbocycles. The van der Waals surface area contributed by atoms with Crippen LogP contribution in [0.2, 0.25) is 0 Å². The van der Waals surface area contributed by atoms with Gasteiger partial charge in [-0.2, -0.15) is 0 Å². The molecule has 38 heavy (non-hydrogen) atoms. The SMILES string of the molecule is Cc1cn([C@@H]2C[C@H](O)C/C=C\[C@@H](O)CC[C@@H](C)[C@H](O)CCCc3cc(O)cc(O)c3OC2=O)c(=O)[nH]c1=O. The molecule has 11 heteroatoms. The number of H-pyrrole nitrogens is 1. The minimum absolute atomic E-state index is 0.0613. The third-order valence-electron chi connectivity index (χ3n) is 6.87. The number of aromatic hydroxyl groups is 2. The number of hydrogen-bond acceptors (Lipinski definition) is 9. The predicted octanol–water partition coefficient (Wildman–Crippen LogP) is 1.57. The van der Waals surface area contributed by atoms with Crippen LogP contribution in [0.3, 0.4) is 0 Å². The van der Waals surface area contributed by atoms with Crippen LogP contribution in [0.5, 0.6) is 17.2 Å². The van der Waals surface area contributed by atoms with Gasteiger partial charge in [-0.1, -0.05) is 19.1 Å². The van der Waals surface area contributed by atoms with Crippen LogP contribution in [0.1, 0.15) is 62.6 Å². The van der Waals surface area contributed by atoms with Crippen LogP contribution in [0.25, 0.3) is 0 Å². The summed E-state index contributed by atoms with van der Waals surface area (Å²) in [4.78, 5) is 40.0. The van der Waals surface area contributed by atoms with Crippen molar-refractivity contribution in [3.8, 4) is 17.2 Å². The number of aryl methyl sites for hydroxylation is 2. The van der Waals surface area contributed by atoms with E-state index >= 15 is 0 Å². The number of carbonyl (C=O) groups is 1. The molecule has 0 amide bonds. The number of benzene rings is 1. The summed E-state index contributed by atoms with van der Waals surface area (Å²) in [7, 11) is 0. The minimum Gasteiger partial charge on any atom is -0.508 e. The molecular formula is C27H36N2O9. The second-order valence-electron chi connectivity index (χ2n) is 10.0. The number of aliphatic hydroxyl groups is 3. The van der Waals surface area contributed by atoms with Crippen molar-refractivity contribution in [1.29, 1.82) is 0 Å². The quantitative estimate of drug-likeness (QED) is 0.180. The number of nitrogens with one attached hydrogen (secondary N) is 1. The van der Waals surface area contributed by atoms with E-state index in [-0.39, 0.29) is 42.2 Å². The number of phenolic OH excluding ortho intramolecular Hbond substituents is 2. The molecule has 1 aromatic carbocycles. The molecule has 2 aromatic rings.